The molecule has 1 unspecified atom stereocenters. The van der Waals surface area contributed by atoms with E-state index in [1.165, 1.54) is 21.3 Å². The summed E-state index contributed by atoms with van der Waals surface area (Å²) in [6.07, 6.45) is 9.72. The van der Waals surface area contributed by atoms with Crippen molar-refractivity contribution in [2.45, 2.75) is 82.8 Å². The number of amides is 3. The zero-order valence-corrected chi connectivity index (χ0v) is 40.2. The van der Waals surface area contributed by atoms with Crippen LogP contribution in [0.3, 0.4) is 0 Å². The average Bonchev–Trinajstić information content (AvgIpc) is 4.09. The van der Waals surface area contributed by atoms with Crippen molar-refractivity contribution in [1.82, 2.24) is 44.3 Å². The Morgan fingerprint density at radius 2 is 1.57 bits per heavy atom. The van der Waals surface area contributed by atoms with Gasteiger partial charge in [-0.1, -0.05) is 60.7 Å². The predicted octanol–water partition coefficient (Wildman–Crippen LogP) is 5.11. The van der Waals surface area contributed by atoms with Gasteiger partial charge in [-0.05, 0) is 85.5 Å². The summed E-state index contributed by atoms with van der Waals surface area (Å²) in [5, 5.41) is 10.0. The van der Waals surface area contributed by atoms with Crippen molar-refractivity contribution in [2.75, 3.05) is 65.4 Å². The van der Waals surface area contributed by atoms with Crippen LogP contribution in [0, 0.1) is 0 Å². The van der Waals surface area contributed by atoms with Crippen LogP contribution in [0.2, 0.25) is 0 Å². The maximum atomic E-state index is 13.7. The number of piperazine rings is 1. The molecule has 0 bridgehead atoms. The molecule has 3 aromatic carbocycles. The first-order chi connectivity index (χ1) is 34.1. The SMILES string of the molecule is CN1CCN(Cc2ccc(-c3ccc(CO[C@H]4CCC[C@@H]4NC(=O)c4cc(-c5cnn(CCOCCOCCCc6cccc7c6n(C)c(=O)n7C6CCC(=O)NC6=O)c5)cnc4N)cc3)cc2)CC1. The normalized spacial score (nSPS) is 19.0. The molecule has 0 radical (unpaired) electrons. The Morgan fingerprint density at radius 1 is 0.829 bits per heavy atom. The Bertz CT molecular complexity index is 2830. The third kappa shape index (κ3) is 11.6. The number of nitrogens with zero attached hydrogens (tertiary/aromatic N) is 7. The number of aromatic nitrogens is 5. The van der Waals surface area contributed by atoms with E-state index in [1.54, 1.807) is 34.8 Å². The van der Waals surface area contributed by atoms with Crippen molar-refractivity contribution in [3.8, 4) is 22.3 Å². The lowest BCUT2D eigenvalue weighted by Crippen LogP contribution is -2.44. The number of carbonyl (C=O) groups excluding carboxylic acids is 3. The van der Waals surface area contributed by atoms with Gasteiger partial charge in [0.25, 0.3) is 5.91 Å². The van der Waals surface area contributed by atoms with E-state index in [2.05, 4.69) is 86.1 Å². The number of piperidine rings is 1. The number of nitrogens with two attached hydrogens (primary N) is 1. The Hall–Kier alpha value is -6.50. The fourth-order valence-electron chi connectivity index (χ4n) is 9.85. The fraction of sp³-hybridized carbons (Fsp3) is 0.434. The van der Waals surface area contributed by atoms with Crippen molar-refractivity contribution in [2.24, 2.45) is 7.05 Å². The lowest BCUT2D eigenvalue weighted by molar-refractivity contribution is -0.135. The molecule has 4 N–H and O–H groups in total. The molecule has 3 amide bonds. The van der Waals surface area contributed by atoms with Gasteiger partial charge in [-0.2, -0.15) is 5.10 Å². The Morgan fingerprint density at radius 3 is 2.33 bits per heavy atom. The molecule has 17 nitrogen and oxygen atoms in total. The summed E-state index contributed by atoms with van der Waals surface area (Å²) in [5.41, 5.74) is 15.1. The second-order valence-corrected chi connectivity index (χ2v) is 18.8. The van der Waals surface area contributed by atoms with Gasteiger partial charge in [-0.15, -0.1) is 0 Å². The number of nitrogen functional groups attached to an aromatic ring is 1. The molecule has 3 fully saturated rings. The molecular formula is C53H64N10O7. The number of imidazole rings is 1. The van der Waals surface area contributed by atoms with Crippen LogP contribution in [0.15, 0.2) is 96.2 Å². The quantitative estimate of drug-likeness (QED) is 0.0678. The summed E-state index contributed by atoms with van der Waals surface area (Å²) in [4.78, 5) is 60.4. The van der Waals surface area contributed by atoms with Crippen molar-refractivity contribution in [3.63, 3.8) is 0 Å². The second-order valence-electron chi connectivity index (χ2n) is 18.8. The number of ether oxygens (including phenoxy) is 3. The number of likely N-dealkylation sites (N-methyl/N-ethyl adjacent to an activating group) is 1. The number of nitrogens with one attached hydrogen (secondary N) is 2. The van der Waals surface area contributed by atoms with Gasteiger partial charge in [0.05, 0.1) is 67.9 Å². The first-order valence-corrected chi connectivity index (χ1v) is 24.6. The van der Waals surface area contributed by atoms with Crippen LogP contribution in [0.5, 0.6) is 0 Å². The van der Waals surface area contributed by atoms with Crippen LogP contribution in [0.4, 0.5) is 5.82 Å². The lowest BCUT2D eigenvalue weighted by Gasteiger charge is -2.32. The number of benzene rings is 3. The molecule has 1 saturated carbocycles. The first-order valence-electron chi connectivity index (χ1n) is 24.6. The third-order valence-electron chi connectivity index (χ3n) is 13.9. The molecule has 5 heterocycles. The second kappa shape index (κ2) is 22.5. The smallest absolute Gasteiger partial charge is 0.329 e. The predicted molar refractivity (Wildman–Crippen MR) is 267 cm³/mol. The molecule has 2 saturated heterocycles. The van der Waals surface area contributed by atoms with Crippen LogP contribution < -0.4 is 22.1 Å². The maximum Gasteiger partial charge on any atom is 0.329 e. The molecule has 3 aliphatic rings. The number of carbonyl (C=O) groups is 3. The van der Waals surface area contributed by atoms with E-state index in [1.807, 2.05) is 24.4 Å². The highest BCUT2D eigenvalue weighted by Gasteiger charge is 2.32. The van der Waals surface area contributed by atoms with Gasteiger partial charge in [0, 0.05) is 76.3 Å². The molecule has 9 rings (SSSR count). The van der Waals surface area contributed by atoms with Crippen molar-refractivity contribution >= 4 is 34.6 Å². The molecule has 3 aromatic heterocycles. The molecular weight excluding hydrogens is 889 g/mol. The van der Waals surface area contributed by atoms with Gasteiger partial charge in [-0.25, -0.2) is 9.78 Å². The van der Waals surface area contributed by atoms with E-state index in [4.69, 9.17) is 19.9 Å². The van der Waals surface area contributed by atoms with E-state index < -0.39 is 11.9 Å². The molecule has 1 aliphatic carbocycles. The van der Waals surface area contributed by atoms with Crippen LogP contribution >= 0.6 is 0 Å². The van der Waals surface area contributed by atoms with E-state index in [0.29, 0.717) is 63.5 Å². The monoisotopic (exact) mass is 952 g/mol. The molecule has 368 valence electrons. The molecule has 0 spiro atoms. The molecule has 2 aliphatic heterocycles. The molecule has 17 heteroatoms. The molecule has 70 heavy (non-hydrogen) atoms. The lowest BCUT2D eigenvalue weighted by atomic mass is 10.0. The number of rotatable bonds is 20. The van der Waals surface area contributed by atoms with Crippen LogP contribution in [0.1, 0.15) is 71.6 Å². The zero-order valence-electron chi connectivity index (χ0n) is 40.2. The summed E-state index contributed by atoms with van der Waals surface area (Å²) >= 11 is 0. The Kier molecular flexibility index (Phi) is 15.6. The third-order valence-corrected chi connectivity index (χ3v) is 13.9. The number of aryl methyl sites for hydroxylation is 2. The van der Waals surface area contributed by atoms with E-state index >= 15 is 0 Å². The van der Waals surface area contributed by atoms with Gasteiger partial charge >= 0.3 is 5.69 Å². The Labute approximate surface area is 407 Å². The highest BCUT2D eigenvalue weighted by Crippen LogP contribution is 2.29. The van der Waals surface area contributed by atoms with Gasteiger partial charge in [0.15, 0.2) is 0 Å². The van der Waals surface area contributed by atoms with Gasteiger partial charge < -0.3 is 30.2 Å². The number of para-hydroxylation sites is 1. The van der Waals surface area contributed by atoms with Crippen LogP contribution in [0.25, 0.3) is 33.3 Å². The minimum atomic E-state index is -0.719. The van der Waals surface area contributed by atoms with Gasteiger partial charge in [0.2, 0.25) is 11.8 Å². The van der Waals surface area contributed by atoms with E-state index in [-0.39, 0.29) is 41.9 Å². The number of anilines is 1. The minimum absolute atomic E-state index is 0.110. The number of hydrogen-bond acceptors (Lipinski definition) is 12. The van der Waals surface area contributed by atoms with Gasteiger partial charge in [-0.3, -0.25) is 38.4 Å². The largest absolute Gasteiger partial charge is 0.383 e. The van der Waals surface area contributed by atoms with E-state index in [0.717, 1.165) is 86.2 Å². The van der Waals surface area contributed by atoms with Crippen LogP contribution in [-0.4, -0.2) is 123 Å². The maximum absolute atomic E-state index is 13.7. The number of hydrogen-bond donors (Lipinski definition) is 3. The molecule has 6 aromatic rings. The topological polar surface area (TPSA) is 193 Å². The minimum Gasteiger partial charge on any atom is -0.383 e. The van der Waals surface area contributed by atoms with Crippen molar-refractivity contribution in [1.29, 1.82) is 0 Å². The number of fused-ring (bicyclic) bond motifs is 1. The first kappa shape index (κ1) is 48.5. The zero-order chi connectivity index (χ0) is 48.6. The average molecular weight is 953 g/mol. The number of imide groups is 1. The standard InChI is InChI=1S/C53H64N10O7/c1-59-21-23-61(24-22-59)33-36-11-15-38(16-12-36)39-17-13-37(14-18-39)35-70-47-10-4-8-44(47)57-51(65)43-30-41(31-55-50(43)54)42-32-56-62(34-42)25-27-69-29-28-68-26-5-7-40-6-3-9-45-49(40)60(2)53(67)63(45)46-19-20-48(64)58-52(46)66/h3,6,9,11-18,30-32,34,44,46-47H,4-5,7-8,10,19-29,33,35H2,1-2H3,(H2,54,55)(H,57,65)(H,58,64,66)/t44-,46?,47-/m0/s1. The van der Waals surface area contributed by atoms with Gasteiger partial charge in [0.1, 0.15) is 11.9 Å². The summed E-state index contributed by atoms with van der Waals surface area (Å²) in [7, 11) is 3.89. The molecule has 3 atom stereocenters. The summed E-state index contributed by atoms with van der Waals surface area (Å²) < 4.78 is 23.0. The Balaban J connectivity index is 0.685. The van der Waals surface area contributed by atoms with Crippen molar-refractivity contribution in [3.05, 3.63) is 124 Å². The fourth-order valence-corrected chi connectivity index (χ4v) is 9.85. The highest BCUT2D eigenvalue weighted by molar-refractivity contribution is 6.00. The number of pyridine rings is 1. The van der Waals surface area contributed by atoms with E-state index in [9.17, 15) is 19.2 Å². The van der Waals surface area contributed by atoms with Crippen LogP contribution in [-0.2, 0) is 57.0 Å². The summed E-state index contributed by atoms with van der Waals surface area (Å²) in [6, 6.07) is 24.1. The van der Waals surface area contributed by atoms with Crippen molar-refractivity contribution < 1.29 is 28.6 Å². The summed E-state index contributed by atoms with van der Waals surface area (Å²) in [5.74, 6) is -0.880. The highest BCUT2D eigenvalue weighted by atomic mass is 16.5. The summed E-state index contributed by atoms with van der Waals surface area (Å²) in [6.45, 7) is 8.22.